The molecular weight excluding hydrogens is 120 g/mol. The van der Waals surface area contributed by atoms with Crippen LogP contribution in [0, 0.1) is 0 Å². The Morgan fingerprint density at radius 2 is 1.44 bits per heavy atom. The normalized spacial score (nSPS) is 56.7. The summed E-state index contributed by atoms with van der Waals surface area (Å²) in [6, 6.07) is 0. The van der Waals surface area contributed by atoms with E-state index in [4.69, 9.17) is 14.9 Å². The molecule has 1 saturated carbocycles. The summed E-state index contributed by atoms with van der Waals surface area (Å²) in [5.74, 6) is 0. The maximum Gasteiger partial charge on any atom is 0.113 e. The van der Waals surface area contributed by atoms with E-state index < -0.39 is 0 Å². The highest BCUT2D eigenvalue weighted by atomic mass is 16.6. The second-order valence-electron chi connectivity index (χ2n) is 2.78. The number of epoxide rings is 1. The van der Waals surface area contributed by atoms with Crippen LogP contribution in [0.3, 0.4) is 0 Å². The molecule has 0 amide bonds. The Labute approximate surface area is 53.3 Å². The Balaban J connectivity index is 2.01. The Hall–Kier alpha value is -0.120. The minimum Gasteiger partial charge on any atom is -0.390 e. The molecule has 1 saturated heterocycles. The highest BCUT2D eigenvalue weighted by molar-refractivity contribution is 4.99. The van der Waals surface area contributed by atoms with Crippen molar-refractivity contribution in [3.63, 3.8) is 0 Å². The van der Waals surface area contributed by atoms with Gasteiger partial charge in [0.25, 0.3) is 0 Å². The van der Waals surface area contributed by atoms with Crippen LogP contribution in [0.5, 0.6) is 0 Å². The molecule has 0 spiro atoms. The molecule has 0 aromatic heterocycles. The summed E-state index contributed by atoms with van der Waals surface area (Å²) < 4.78 is 5.00. The predicted molar refractivity (Wildman–Crippen MR) is 29.9 cm³/mol. The first-order valence-corrected chi connectivity index (χ1v) is 3.30. The molecule has 2 fully saturated rings. The quantitative estimate of drug-likeness (QED) is 0.425. The second kappa shape index (κ2) is 1.68. The highest BCUT2D eigenvalue weighted by Gasteiger charge is 2.51. The van der Waals surface area contributed by atoms with Crippen LogP contribution in [-0.2, 0) is 4.74 Å². The lowest BCUT2D eigenvalue weighted by atomic mass is 9.95. The van der Waals surface area contributed by atoms with E-state index in [2.05, 4.69) is 0 Å². The van der Waals surface area contributed by atoms with Gasteiger partial charge in [-0.2, -0.15) is 0 Å². The van der Waals surface area contributed by atoms with Gasteiger partial charge in [0, 0.05) is 0 Å². The molecule has 2 aliphatic rings. The lowest BCUT2D eigenvalue weighted by Gasteiger charge is -2.15. The number of aliphatic hydroxyl groups is 2. The van der Waals surface area contributed by atoms with Crippen molar-refractivity contribution in [2.24, 2.45) is 0 Å². The molecule has 0 radical (unpaired) electrons. The average Bonchev–Trinajstić information content (AvgIpc) is 2.57. The third-order valence-electron chi connectivity index (χ3n) is 2.08. The first-order chi connectivity index (χ1) is 4.29. The van der Waals surface area contributed by atoms with Crippen LogP contribution in [0.4, 0.5) is 0 Å². The number of fused-ring (bicyclic) bond motifs is 1. The summed E-state index contributed by atoms with van der Waals surface area (Å²) in [6.45, 7) is 0. The fraction of sp³-hybridized carbons (Fsp3) is 1.00. The lowest BCUT2D eigenvalue weighted by Crippen LogP contribution is -2.30. The molecule has 1 aliphatic heterocycles. The highest BCUT2D eigenvalue weighted by Crippen LogP contribution is 2.36. The fourth-order valence-corrected chi connectivity index (χ4v) is 1.43. The van der Waals surface area contributed by atoms with Crippen LogP contribution in [0.25, 0.3) is 0 Å². The Kier molecular flexibility index (Phi) is 1.06. The van der Waals surface area contributed by atoms with E-state index in [0.717, 1.165) is 0 Å². The van der Waals surface area contributed by atoms with Gasteiger partial charge >= 0.3 is 0 Å². The monoisotopic (exact) mass is 130 g/mol. The van der Waals surface area contributed by atoms with Crippen molar-refractivity contribution >= 4 is 0 Å². The van der Waals surface area contributed by atoms with Gasteiger partial charge in [0.15, 0.2) is 0 Å². The molecule has 1 heterocycles. The maximum atomic E-state index is 9.10. The van der Waals surface area contributed by atoms with Crippen molar-refractivity contribution in [1.82, 2.24) is 0 Å². The van der Waals surface area contributed by atoms with Crippen LogP contribution in [0.1, 0.15) is 12.8 Å². The standard InChI is InChI=1S/C6H10O3/c7-3-1-2-4(8)6-5(3)9-6/h3-8H,1-2H2. The summed E-state index contributed by atoms with van der Waals surface area (Å²) in [6.07, 6.45) is 0.629. The van der Waals surface area contributed by atoms with Gasteiger partial charge in [-0.3, -0.25) is 0 Å². The molecule has 4 unspecified atom stereocenters. The third-order valence-corrected chi connectivity index (χ3v) is 2.08. The molecule has 1 aliphatic carbocycles. The van der Waals surface area contributed by atoms with Gasteiger partial charge in [-0.1, -0.05) is 0 Å². The summed E-state index contributed by atoms with van der Waals surface area (Å²) in [4.78, 5) is 0. The zero-order valence-corrected chi connectivity index (χ0v) is 5.03. The maximum absolute atomic E-state index is 9.10. The van der Waals surface area contributed by atoms with Crippen molar-refractivity contribution in [3.8, 4) is 0 Å². The van der Waals surface area contributed by atoms with Gasteiger partial charge < -0.3 is 14.9 Å². The molecule has 0 aromatic rings. The Morgan fingerprint density at radius 1 is 1.00 bits per heavy atom. The van der Waals surface area contributed by atoms with Gasteiger partial charge in [0.1, 0.15) is 12.2 Å². The summed E-state index contributed by atoms with van der Waals surface area (Å²) in [5, 5.41) is 18.2. The third kappa shape index (κ3) is 0.764. The number of aliphatic hydroxyl groups excluding tert-OH is 2. The minimum absolute atomic E-state index is 0.0475. The van der Waals surface area contributed by atoms with E-state index in [9.17, 15) is 0 Å². The van der Waals surface area contributed by atoms with Crippen molar-refractivity contribution in [2.45, 2.75) is 37.3 Å². The van der Waals surface area contributed by atoms with Gasteiger partial charge in [0.05, 0.1) is 12.2 Å². The number of rotatable bonds is 0. The SMILES string of the molecule is OC1CCC(O)C2OC12. The Morgan fingerprint density at radius 3 is 1.89 bits per heavy atom. The van der Waals surface area contributed by atoms with Gasteiger partial charge in [-0.25, -0.2) is 0 Å². The smallest absolute Gasteiger partial charge is 0.113 e. The number of hydrogen-bond acceptors (Lipinski definition) is 3. The zero-order chi connectivity index (χ0) is 6.43. The van der Waals surface area contributed by atoms with Crippen LogP contribution in [0.2, 0.25) is 0 Å². The molecule has 0 aromatic carbocycles. The van der Waals surface area contributed by atoms with Gasteiger partial charge in [0.2, 0.25) is 0 Å². The minimum atomic E-state index is -0.321. The summed E-state index contributed by atoms with van der Waals surface area (Å²) in [7, 11) is 0. The van der Waals surface area contributed by atoms with Crippen molar-refractivity contribution in [1.29, 1.82) is 0 Å². The molecule has 4 atom stereocenters. The topological polar surface area (TPSA) is 53.0 Å². The molecule has 2 N–H and O–H groups in total. The molecule has 3 heteroatoms. The van der Waals surface area contributed by atoms with E-state index in [1.807, 2.05) is 0 Å². The van der Waals surface area contributed by atoms with E-state index in [1.165, 1.54) is 0 Å². The predicted octanol–water partition coefficient (Wildman–Crippen LogP) is -0.731. The molecular formula is C6H10O3. The Bertz CT molecular complexity index is 111. The summed E-state index contributed by atoms with van der Waals surface area (Å²) in [5.41, 5.74) is 0. The first kappa shape index (κ1) is 5.65. The number of hydrogen-bond donors (Lipinski definition) is 2. The molecule has 52 valence electrons. The van der Waals surface area contributed by atoms with E-state index >= 15 is 0 Å². The molecule has 2 rings (SSSR count). The van der Waals surface area contributed by atoms with Crippen LogP contribution in [-0.4, -0.2) is 34.6 Å². The van der Waals surface area contributed by atoms with Crippen LogP contribution < -0.4 is 0 Å². The van der Waals surface area contributed by atoms with Gasteiger partial charge in [-0.05, 0) is 12.8 Å². The van der Waals surface area contributed by atoms with Crippen LogP contribution in [0.15, 0.2) is 0 Å². The largest absolute Gasteiger partial charge is 0.390 e. The van der Waals surface area contributed by atoms with E-state index in [0.29, 0.717) is 12.8 Å². The molecule has 3 nitrogen and oxygen atoms in total. The van der Waals surface area contributed by atoms with E-state index in [1.54, 1.807) is 0 Å². The lowest BCUT2D eigenvalue weighted by molar-refractivity contribution is 0.0802. The summed E-state index contributed by atoms with van der Waals surface area (Å²) >= 11 is 0. The average molecular weight is 130 g/mol. The fourth-order valence-electron chi connectivity index (χ4n) is 1.43. The zero-order valence-electron chi connectivity index (χ0n) is 5.03. The van der Waals surface area contributed by atoms with Gasteiger partial charge in [-0.15, -0.1) is 0 Å². The first-order valence-electron chi connectivity index (χ1n) is 3.30. The number of ether oxygens (including phenoxy) is 1. The molecule has 9 heavy (non-hydrogen) atoms. The van der Waals surface area contributed by atoms with Crippen molar-refractivity contribution in [3.05, 3.63) is 0 Å². The second-order valence-corrected chi connectivity index (χ2v) is 2.78. The molecule has 0 bridgehead atoms. The van der Waals surface area contributed by atoms with Crippen LogP contribution >= 0.6 is 0 Å². The van der Waals surface area contributed by atoms with E-state index in [-0.39, 0.29) is 24.4 Å². The van der Waals surface area contributed by atoms with Crippen molar-refractivity contribution < 1.29 is 14.9 Å². The van der Waals surface area contributed by atoms with Crippen molar-refractivity contribution in [2.75, 3.05) is 0 Å².